The average Bonchev–Trinajstić information content (AvgIpc) is 2.36. The average molecular weight is 252 g/mol. The molecule has 0 radical (unpaired) electrons. The predicted molar refractivity (Wildman–Crippen MR) is 85.0 cm³/mol. The molecule has 0 bridgehead atoms. The summed E-state index contributed by atoms with van der Waals surface area (Å²) in [6, 6.07) is 6.98. The van der Waals surface area contributed by atoms with Crippen LogP contribution in [-0.4, -0.2) is 0 Å². The first-order chi connectivity index (χ1) is 8.82. The van der Waals surface area contributed by atoms with Gasteiger partial charge in [-0.05, 0) is 98.5 Å². The molecule has 0 amide bonds. The third-order valence-corrected chi connectivity index (χ3v) is 4.61. The molecular weight excluding hydrogens is 228 g/mol. The molecule has 2 aromatic carbocycles. The number of hydrogen-bond donors (Lipinski definition) is 0. The summed E-state index contributed by atoms with van der Waals surface area (Å²) >= 11 is 0. The highest BCUT2D eigenvalue weighted by Crippen LogP contribution is 2.33. The molecule has 0 N–H and O–H groups in total. The highest BCUT2D eigenvalue weighted by molar-refractivity contribution is 5.74. The van der Waals surface area contributed by atoms with Gasteiger partial charge in [0, 0.05) is 0 Å². The van der Waals surface area contributed by atoms with Gasteiger partial charge in [0.1, 0.15) is 0 Å². The van der Waals surface area contributed by atoms with Gasteiger partial charge in [0.25, 0.3) is 0 Å². The standard InChI is InChI=1S/C19H24/c1-11-8-14(4)18(9-12(11)2)19-10-13(3)15(5)16(6)17(19)7/h8-10H,1-7H3. The predicted octanol–water partition coefficient (Wildman–Crippen LogP) is 5.51. The van der Waals surface area contributed by atoms with Crippen molar-refractivity contribution in [1.82, 2.24) is 0 Å². The van der Waals surface area contributed by atoms with E-state index >= 15 is 0 Å². The largest absolute Gasteiger partial charge is 0.0555 e. The lowest BCUT2D eigenvalue weighted by atomic mass is 9.88. The van der Waals surface area contributed by atoms with E-state index in [1.165, 1.54) is 50.1 Å². The van der Waals surface area contributed by atoms with Gasteiger partial charge in [-0.2, -0.15) is 0 Å². The molecule has 2 rings (SSSR count). The quantitative estimate of drug-likeness (QED) is 0.627. The van der Waals surface area contributed by atoms with Crippen molar-refractivity contribution in [2.75, 3.05) is 0 Å². The molecule has 0 aromatic heterocycles. The summed E-state index contributed by atoms with van der Waals surface area (Å²) in [6.07, 6.45) is 0. The number of rotatable bonds is 1. The van der Waals surface area contributed by atoms with Gasteiger partial charge < -0.3 is 0 Å². The Morgan fingerprint density at radius 3 is 1.58 bits per heavy atom. The lowest BCUT2D eigenvalue weighted by Crippen LogP contribution is -1.97. The second-order valence-corrected chi connectivity index (χ2v) is 5.87. The third-order valence-electron chi connectivity index (χ3n) is 4.61. The second-order valence-electron chi connectivity index (χ2n) is 5.87. The van der Waals surface area contributed by atoms with Crippen molar-refractivity contribution in [3.8, 4) is 11.1 Å². The third kappa shape index (κ3) is 2.32. The Balaban J connectivity index is 2.76. The minimum absolute atomic E-state index is 1.37. The van der Waals surface area contributed by atoms with Crippen molar-refractivity contribution >= 4 is 0 Å². The van der Waals surface area contributed by atoms with Gasteiger partial charge in [-0.1, -0.05) is 18.2 Å². The molecule has 0 aliphatic carbocycles. The first-order valence-electron chi connectivity index (χ1n) is 6.98. The summed E-state index contributed by atoms with van der Waals surface area (Å²) in [5.41, 5.74) is 12.5. The van der Waals surface area contributed by atoms with Gasteiger partial charge in [-0.25, -0.2) is 0 Å². The summed E-state index contributed by atoms with van der Waals surface area (Å²) in [5.74, 6) is 0. The van der Waals surface area contributed by atoms with Crippen LogP contribution < -0.4 is 0 Å². The molecule has 100 valence electrons. The van der Waals surface area contributed by atoms with Crippen LogP contribution in [0.15, 0.2) is 18.2 Å². The maximum Gasteiger partial charge on any atom is -0.0146 e. The van der Waals surface area contributed by atoms with Crippen molar-refractivity contribution in [2.45, 2.75) is 48.5 Å². The fraction of sp³-hybridized carbons (Fsp3) is 0.368. The van der Waals surface area contributed by atoms with E-state index in [1.54, 1.807) is 0 Å². The van der Waals surface area contributed by atoms with Crippen LogP contribution in [0.1, 0.15) is 38.9 Å². The molecule has 2 aromatic rings. The molecule has 0 nitrogen and oxygen atoms in total. The highest BCUT2D eigenvalue weighted by atomic mass is 14.2. The minimum Gasteiger partial charge on any atom is -0.0555 e. The Hall–Kier alpha value is -1.56. The van der Waals surface area contributed by atoms with Gasteiger partial charge in [-0.3, -0.25) is 0 Å². The molecule has 0 heteroatoms. The Kier molecular flexibility index (Phi) is 3.54. The Morgan fingerprint density at radius 1 is 0.421 bits per heavy atom. The van der Waals surface area contributed by atoms with E-state index in [9.17, 15) is 0 Å². The Morgan fingerprint density at radius 2 is 0.947 bits per heavy atom. The van der Waals surface area contributed by atoms with Crippen LogP contribution in [0.3, 0.4) is 0 Å². The SMILES string of the molecule is Cc1cc(C)c(-c2cc(C)c(C)c(C)c2C)cc1C. The molecular formula is C19H24. The summed E-state index contributed by atoms with van der Waals surface area (Å²) in [5, 5.41) is 0. The van der Waals surface area contributed by atoms with Crippen LogP contribution in [0, 0.1) is 48.5 Å². The maximum absolute atomic E-state index is 2.34. The van der Waals surface area contributed by atoms with E-state index in [-0.39, 0.29) is 0 Å². The molecule has 0 unspecified atom stereocenters. The number of hydrogen-bond acceptors (Lipinski definition) is 0. The van der Waals surface area contributed by atoms with E-state index in [4.69, 9.17) is 0 Å². The van der Waals surface area contributed by atoms with Gasteiger partial charge in [0.15, 0.2) is 0 Å². The van der Waals surface area contributed by atoms with Crippen LogP contribution in [-0.2, 0) is 0 Å². The molecule has 0 saturated heterocycles. The molecule has 0 fully saturated rings. The lowest BCUT2D eigenvalue weighted by molar-refractivity contribution is 1.21. The lowest BCUT2D eigenvalue weighted by Gasteiger charge is -2.17. The van der Waals surface area contributed by atoms with E-state index < -0.39 is 0 Å². The zero-order valence-electron chi connectivity index (χ0n) is 13.2. The fourth-order valence-electron chi connectivity index (χ4n) is 2.74. The Bertz CT molecular complexity index is 646. The number of benzene rings is 2. The van der Waals surface area contributed by atoms with Crippen molar-refractivity contribution in [3.63, 3.8) is 0 Å². The van der Waals surface area contributed by atoms with Crippen LogP contribution in [0.2, 0.25) is 0 Å². The minimum atomic E-state index is 1.37. The Labute approximate surface area is 117 Å². The first-order valence-corrected chi connectivity index (χ1v) is 6.98. The van der Waals surface area contributed by atoms with E-state index in [2.05, 4.69) is 66.7 Å². The molecule has 0 spiro atoms. The van der Waals surface area contributed by atoms with Crippen molar-refractivity contribution in [3.05, 3.63) is 57.1 Å². The molecule has 0 atom stereocenters. The van der Waals surface area contributed by atoms with Gasteiger partial charge in [0.2, 0.25) is 0 Å². The smallest absolute Gasteiger partial charge is 0.0146 e. The van der Waals surface area contributed by atoms with Crippen LogP contribution >= 0.6 is 0 Å². The molecule has 0 saturated carbocycles. The monoisotopic (exact) mass is 252 g/mol. The van der Waals surface area contributed by atoms with Gasteiger partial charge >= 0.3 is 0 Å². The summed E-state index contributed by atoms with van der Waals surface area (Å²) in [7, 11) is 0. The molecule has 19 heavy (non-hydrogen) atoms. The summed E-state index contributed by atoms with van der Waals surface area (Å²) in [6.45, 7) is 15.5. The van der Waals surface area contributed by atoms with Crippen molar-refractivity contribution in [2.24, 2.45) is 0 Å². The second kappa shape index (κ2) is 4.85. The van der Waals surface area contributed by atoms with Crippen LogP contribution in [0.4, 0.5) is 0 Å². The summed E-state index contributed by atoms with van der Waals surface area (Å²) < 4.78 is 0. The fourth-order valence-corrected chi connectivity index (χ4v) is 2.74. The van der Waals surface area contributed by atoms with Crippen LogP contribution in [0.25, 0.3) is 11.1 Å². The summed E-state index contributed by atoms with van der Waals surface area (Å²) in [4.78, 5) is 0. The van der Waals surface area contributed by atoms with Gasteiger partial charge in [0.05, 0.1) is 0 Å². The highest BCUT2D eigenvalue weighted by Gasteiger charge is 2.11. The van der Waals surface area contributed by atoms with Gasteiger partial charge in [-0.15, -0.1) is 0 Å². The molecule has 0 aliphatic rings. The van der Waals surface area contributed by atoms with E-state index in [1.807, 2.05) is 0 Å². The molecule has 0 aliphatic heterocycles. The topological polar surface area (TPSA) is 0 Å². The zero-order valence-corrected chi connectivity index (χ0v) is 13.2. The molecule has 0 heterocycles. The van der Waals surface area contributed by atoms with Crippen LogP contribution in [0.5, 0.6) is 0 Å². The van der Waals surface area contributed by atoms with Crippen molar-refractivity contribution < 1.29 is 0 Å². The zero-order chi connectivity index (χ0) is 14.3. The maximum atomic E-state index is 2.34. The first kappa shape index (κ1) is 13.9. The van der Waals surface area contributed by atoms with E-state index in [0.29, 0.717) is 0 Å². The normalized spacial score (nSPS) is 10.9. The number of aryl methyl sites for hydroxylation is 4. The van der Waals surface area contributed by atoms with Crippen molar-refractivity contribution in [1.29, 1.82) is 0 Å². The van der Waals surface area contributed by atoms with E-state index in [0.717, 1.165) is 0 Å².